The molecule has 24 heavy (non-hydrogen) atoms. The lowest BCUT2D eigenvalue weighted by Crippen LogP contribution is -2.13. The van der Waals surface area contributed by atoms with Crippen LogP contribution in [0.25, 0.3) is 16.5 Å². The molecule has 0 fully saturated rings. The maximum absolute atomic E-state index is 4.50. The molecule has 1 heterocycles. The number of aromatic nitrogens is 3. The number of rotatable bonds is 5. The van der Waals surface area contributed by atoms with Crippen molar-refractivity contribution in [3.05, 3.63) is 90.3 Å². The molecule has 4 rings (SSSR count). The number of nitrogens with one attached hydrogen (secondary N) is 1. The van der Waals surface area contributed by atoms with Crippen LogP contribution in [0.1, 0.15) is 11.3 Å². The van der Waals surface area contributed by atoms with Crippen LogP contribution in [-0.4, -0.2) is 15.0 Å². The first-order valence-corrected chi connectivity index (χ1v) is 8.03. The van der Waals surface area contributed by atoms with E-state index in [2.05, 4.69) is 58.0 Å². The second-order valence-electron chi connectivity index (χ2n) is 5.75. The van der Waals surface area contributed by atoms with Gasteiger partial charge in [0.05, 0.1) is 17.6 Å². The molecule has 4 nitrogen and oxygen atoms in total. The molecule has 1 N–H and O–H groups in total. The van der Waals surface area contributed by atoms with E-state index < -0.39 is 0 Å². The Hall–Kier alpha value is -2.98. The molecule has 0 amide bonds. The van der Waals surface area contributed by atoms with Gasteiger partial charge in [-0.15, -0.1) is 0 Å². The minimum Gasteiger partial charge on any atom is -0.307 e. The highest BCUT2D eigenvalue weighted by molar-refractivity contribution is 5.82. The van der Waals surface area contributed by atoms with Crippen molar-refractivity contribution >= 4 is 10.8 Å². The molecule has 0 saturated heterocycles. The van der Waals surface area contributed by atoms with E-state index in [1.807, 2.05) is 30.3 Å². The van der Waals surface area contributed by atoms with Crippen molar-refractivity contribution in [2.45, 2.75) is 13.1 Å². The molecule has 0 radical (unpaired) electrons. The van der Waals surface area contributed by atoms with Crippen LogP contribution in [0.2, 0.25) is 0 Å². The lowest BCUT2D eigenvalue weighted by molar-refractivity contribution is 0.663. The third-order valence-corrected chi connectivity index (χ3v) is 3.98. The van der Waals surface area contributed by atoms with Crippen molar-refractivity contribution in [1.82, 2.24) is 20.3 Å². The normalized spacial score (nSPS) is 11.0. The fraction of sp³-hybridized carbons (Fsp3) is 0.100. The summed E-state index contributed by atoms with van der Waals surface area (Å²) >= 11 is 0. The summed E-state index contributed by atoms with van der Waals surface area (Å²) in [5.74, 6) is 0. The molecule has 1 aromatic heterocycles. The molecule has 0 unspecified atom stereocenters. The molecule has 0 aliphatic rings. The Morgan fingerprint density at radius 1 is 0.792 bits per heavy atom. The third kappa shape index (κ3) is 3.19. The van der Waals surface area contributed by atoms with Gasteiger partial charge in [-0.05, 0) is 34.5 Å². The summed E-state index contributed by atoms with van der Waals surface area (Å²) < 4.78 is 0. The van der Waals surface area contributed by atoms with Gasteiger partial charge in [0.2, 0.25) is 0 Å². The van der Waals surface area contributed by atoms with E-state index in [1.165, 1.54) is 16.3 Å². The SMILES string of the molecule is c1ccc(-n2ncc(CNCc3ccc4ccccc4c3)n2)cc1. The summed E-state index contributed by atoms with van der Waals surface area (Å²) in [6.45, 7) is 1.50. The quantitative estimate of drug-likeness (QED) is 0.610. The van der Waals surface area contributed by atoms with Crippen LogP contribution in [0.4, 0.5) is 0 Å². The molecule has 4 aromatic rings. The second-order valence-corrected chi connectivity index (χ2v) is 5.75. The topological polar surface area (TPSA) is 42.7 Å². The Balaban J connectivity index is 1.39. The van der Waals surface area contributed by atoms with Gasteiger partial charge in [0, 0.05) is 13.1 Å². The largest absolute Gasteiger partial charge is 0.307 e. The zero-order valence-electron chi connectivity index (χ0n) is 13.3. The minimum atomic E-state index is 0.694. The second kappa shape index (κ2) is 6.64. The molecule has 0 bridgehead atoms. The zero-order valence-corrected chi connectivity index (χ0v) is 13.3. The number of para-hydroxylation sites is 1. The first kappa shape index (κ1) is 14.6. The number of benzene rings is 3. The van der Waals surface area contributed by atoms with Gasteiger partial charge in [-0.3, -0.25) is 0 Å². The van der Waals surface area contributed by atoms with Gasteiger partial charge in [0.15, 0.2) is 0 Å². The van der Waals surface area contributed by atoms with Crippen molar-refractivity contribution in [2.24, 2.45) is 0 Å². The van der Waals surface area contributed by atoms with E-state index in [0.29, 0.717) is 6.54 Å². The number of hydrogen-bond donors (Lipinski definition) is 1. The fourth-order valence-corrected chi connectivity index (χ4v) is 2.75. The Labute approximate surface area is 140 Å². The van der Waals surface area contributed by atoms with Gasteiger partial charge in [-0.1, -0.05) is 54.6 Å². The molecule has 0 aliphatic heterocycles. The highest BCUT2D eigenvalue weighted by Gasteiger charge is 2.02. The number of fused-ring (bicyclic) bond motifs is 1. The molecular weight excluding hydrogens is 296 g/mol. The zero-order chi connectivity index (χ0) is 16.2. The number of nitrogens with zero attached hydrogens (tertiary/aromatic N) is 3. The summed E-state index contributed by atoms with van der Waals surface area (Å²) in [5.41, 5.74) is 3.17. The summed E-state index contributed by atoms with van der Waals surface area (Å²) in [7, 11) is 0. The smallest absolute Gasteiger partial charge is 0.0969 e. The van der Waals surface area contributed by atoms with Crippen molar-refractivity contribution in [3.63, 3.8) is 0 Å². The number of hydrogen-bond acceptors (Lipinski definition) is 3. The van der Waals surface area contributed by atoms with Gasteiger partial charge in [0.1, 0.15) is 0 Å². The van der Waals surface area contributed by atoms with Gasteiger partial charge in [-0.2, -0.15) is 15.0 Å². The van der Waals surface area contributed by atoms with Gasteiger partial charge in [-0.25, -0.2) is 0 Å². The van der Waals surface area contributed by atoms with Gasteiger partial charge < -0.3 is 5.32 Å². The lowest BCUT2D eigenvalue weighted by atomic mass is 10.1. The summed E-state index contributed by atoms with van der Waals surface area (Å²) in [5, 5.41) is 14.8. The average Bonchev–Trinajstić information content (AvgIpc) is 3.11. The molecule has 0 aliphatic carbocycles. The predicted octanol–water partition coefficient (Wildman–Crippen LogP) is 3.71. The molecule has 118 valence electrons. The molecular formula is C20H18N4. The van der Waals surface area contributed by atoms with Crippen LogP contribution in [0.15, 0.2) is 79.0 Å². The summed E-state index contributed by atoms with van der Waals surface area (Å²) in [6, 6.07) is 24.9. The standard InChI is InChI=1S/C20H18N4/c1-2-8-20(9-3-1)24-22-15-19(23-24)14-21-13-16-10-11-17-6-4-5-7-18(17)12-16/h1-12,15,21H,13-14H2. The van der Waals surface area contributed by atoms with E-state index in [0.717, 1.165) is 17.9 Å². The van der Waals surface area contributed by atoms with Gasteiger partial charge in [0.25, 0.3) is 0 Å². The van der Waals surface area contributed by atoms with Crippen LogP contribution in [0, 0.1) is 0 Å². The minimum absolute atomic E-state index is 0.694. The Kier molecular flexibility index (Phi) is 4.04. The van der Waals surface area contributed by atoms with Crippen molar-refractivity contribution < 1.29 is 0 Å². The van der Waals surface area contributed by atoms with E-state index in [-0.39, 0.29) is 0 Å². The molecule has 0 spiro atoms. The summed E-state index contributed by atoms with van der Waals surface area (Å²) in [4.78, 5) is 1.66. The Morgan fingerprint density at radius 2 is 1.58 bits per heavy atom. The van der Waals surface area contributed by atoms with Gasteiger partial charge >= 0.3 is 0 Å². The molecule has 4 heteroatoms. The van der Waals surface area contributed by atoms with E-state index >= 15 is 0 Å². The molecule has 3 aromatic carbocycles. The Morgan fingerprint density at radius 3 is 2.46 bits per heavy atom. The average molecular weight is 314 g/mol. The van der Waals surface area contributed by atoms with Crippen LogP contribution >= 0.6 is 0 Å². The van der Waals surface area contributed by atoms with Crippen LogP contribution in [0.5, 0.6) is 0 Å². The summed E-state index contributed by atoms with van der Waals surface area (Å²) in [6.07, 6.45) is 1.81. The highest BCUT2D eigenvalue weighted by atomic mass is 15.5. The van der Waals surface area contributed by atoms with Crippen LogP contribution < -0.4 is 5.32 Å². The van der Waals surface area contributed by atoms with Crippen molar-refractivity contribution in [3.8, 4) is 5.69 Å². The highest BCUT2D eigenvalue weighted by Crippen LogP contribution is 2.15. The first-order chi connectivity index (χ1) is 11.9. The monoisotopic (exact) mass is 314 g/mol. The fourth-order valence-electron chi connectivity index (χ4n) is 2.75. The van der Waals surface area contributed by atoms with Crippen LogP contribution in [-0.2, 0) is 13.1 Å². The first-order valence-electron chi connectivity index (χ1n) is 8.03. The maximum Gasteiger partial charge on any atom is 0.0969 e. The molecule has 0 saturated carbocycles. The van der Waals surface area contributed by atoms with E-state index in [9.17, 15) is 0 Å². The van der Waals surface area contributed by atoms with Crippen molar-refractivity contribution in [1.29, 1.82) is 0 Å². The van der Waals surface area contributed by atoms with E-state index in [1.54, 1.807) is 11.0 Å². The molecule has 0 atom stereocenters. The lowest BCUT2D eigenvalue weighted by Gasteiger charge is -2.05. The van der Waals surface area contributed by atoms with Crippen LogP contribution in [0.3, 0.4) is 0 Å². The Bertz CT molecular complexity index is 944. The third-order valence-electron chi connectivity index (χ3n) is 3.98. The predicted molar refractivity (Wildman–Crippen MR) is 95.9 cm³/mol. The van der Waals surface area contributed by atoms with E-state index in [4.69, 9.17) is 0 Å². The maximum atomic E-state index is 4.50. The van der Waals surface area contributed by atoms with Crippen molar-refractivity contribution in [2.75, 3.05) is 0 Å².